The van der Waals surface area contributed by atoms with E-state index in [1.165, 1.54) is 11.3 Å². The number of aromatic nitrogens is 1. The molecule has 0 saturated heterocycles. The zero-order valence-electron chi connectivity index (χ0n) is 19.8. The molecule has 1 aliphatic heterocycles. The van der Waals surface area contributed by atoms with Crippen LogP contribution in [0.1, 0.15) is 31.0 Å². The third-order valence-electron chi connectivity index (χ3n) is 5.49. The number of carbonyl (C=O) groups is 1. The molecule has 180 valence electrons. The predicted octanol–water partition coefficient (Wildman–Crippen LogP) is 4.09. The van der Waals surface area contributed by atoms with Gasteiger partial charge in [0.25, 0.3) is 5.56 Å². The summed E-state index contributed by atoms with van der Waals surface area (Å²) in [4.78, 5) is 32.9. The molecule has 35 heavy (non-hydrogen) atoms. The first-order valence-electron chi connectivity index (χ1n) is 11.1. The van der Waals surface area contributed by atoms with Crippen molar-refractivity contribution in [3.8, 4) is 5.75 Å². The lowest BCUT2D eigenvalue weighted by atomic mass is 9.96. The molecule has 2 heterocycles. The molecule has 0 aliphatic carbocycles. The van der Waals surface area contributed by atoms with Gasteiger partial charge in [-0.05, 0) is 61.6 Å². The molecule has 1 aliphatic rings. The highest BCUT2D eigenvalue weighted by Crippen LogP contribution is 2.31. The summed E-state index contributed by atoms with van der Waals surface area (Å²) in [5, 5.41) is 0. The molecule has 1 atom stereocenters. The Bertz CT molecular complexity index is 1450. The summed E-state index contributed by atoms with van der Waals surface area (Å²) in [5.41, 5.74) is 2.43. The Morgan fingerprint density at radius 2 is 1.91 bits per heavy atom. The van der Waals surface area contributed by atoms with Crippen LogP contribution in [-0.2, 0) is 9.53 Å². The first-order chi connectivity index (χ1) is 17.0. The van der Waals surface area contributed by atoms with E-state index in [1.54, 1.807) is 36.3 Å². The third-order valence-corrected chi connectivity index (χ3v) is 7.22. The van der Waals surface area contributed by atoms with Gasteiger partial charge in [0.1, 0.15) is 12.4 Å². The molecule has 1 aromatic heterocycles. The lowest BCUT2D eigenvalue weighted by Gasteiger charge is -2.24. The largest absolute Gasteiger partial charge is 0.490 e. The molecule has 0 amide bonds. The number of thioether (sulfide) groups is 1. The fourth-order valence-electron chi connectivity index (χ4n) is 3.86. The van der Waals surface area contributed by atoms with Crippen molar-refractivity contribution in [3.63, 3.8) is 0 Å². The molecule has 0 saturated carbocycles. The van der Waals surface area contributed by atoms with Crippen LogP contribution >= 0.6 is 23.1 Å². The minimum Gasteiger partial charge on any atom is -0.490 e. The molecule has 4 rings (SSSR count). The first-order valence-corrected chi connectivity index (χ1v) is 13.2. The molecule has 2 aromatic carbocycles. The van der Waals surface area contributed by atoms with E-state index in [0.29, 0.717) is 27.2 Å². The van der Waals surface area contributed by atoms with E-state index in [1.807, 2.05) is 60.9 Å². The fraction of sp³-hybridized carbons (Fsp3) is 0.222. The smallest absolute Gasteiger partial charge is 0.338 e. The van der Waals surface area contributed by atoms with Crippen molar-refractivity contribution < 1.29 is 14.3 Å². The number of esters is 1. The summed E-state index contributed by atoms with van der Waals surface area (Å²) in [6.07, 6.45) is 5.52. The second-order valence-electron chi connectivity index (χ2n) is 7.74. The summed E-state index contributed by atoms with van der Waals surface area (Å²) >= 11 is 2.94. The van der Waals surface area contributed by atoms with Crippen LogP contribution in [0.5, 0.6) is 5.75 Å². The molecule has 8 heteroatoms. The van der Waals surface area contributed by atoms with E-state index >= 15 is 0 Å². The number of carbonyl (C=O) groups excluding carboxylic acids is 1. The number of hydrogen-bond donors (Lipinski definition) is 0. The minimum atomic E-state index is -0.613. The Labute approximate surface area is 211 Å². The topological polar surface area (TPSA) is 69.9 Å². The van der Waals surface area contributed by atoms with Gasteiger partial charge in [-0.3, -0.25) is 9.36 Å². The lowest BCUT2D eigenvalue weighted by molar-refractivity contribution is -0.139. The number of benzene rings is 2. The van der Waals surface area contributed by atoms with Crippen molar-refractivity contribution in [2.75, 3.05) is 19.5 Å². The third kappa shape index (κ3) is 5.18. The Balaban J connectivity index is 1.84. The lowest BCUT2D eigenvalue weighted by Crippen LogP contribution is -2.39. The molecule has 6 nitrogen and oxygen atoms in total. The van der Waals surface area contributed by atoms with Gasteiger partial charge in [-0.2, -0.15) is 0 Å². The van der Waals surface area contributed by atoms with Gasteiger partial charge in [-0.25, -0.2) is 9.79 Å². The second-order valence-corrected chi connectivity index (χ2v) is 9.63. The Morgan fingerprint density at radius 1 is 1.20 bits per heavy atom. The van der Waals surface area contributed by atoms with Crippen LogP contribution in [0.25, 0.3) is 6.08 Å². The van der Waals surface area contributed by atoms with Crippen LogP contribution in [0.4, 0.5) is 0 Å². The minimum absolute atomic E-state index is 0.200. The van der Waals surface area contributed by atoms with Crippen LogP contribution in [-0.4, -0.2) is 30.0 Å². The number of allylic oxidation sites excluding steroid dienone is 1. The van der Waals surface area contributed by atoms with E-state index in [0.717, 1.165) is 21.8 Å². The van der Waals surface area contributed by atoms with Crippen LogP contribution in [0.15, 0.2) is 87.1 Å². The number of thiazole rings is 1. The SMILES string of the molecule is C=CCOc1ccc(/C=c2\sc3n(c2=O)C(c2ccc(SC)cc2)C(C(=O)OCC)=C(C)N=3)cc1. The van der Waals surface area contributed by atoms with Crippen molar-refractivity contribution in [1.82, 2.24) is 4.57 Å². The summed E-state index contributed by atoms with van der Waals surface area (Å²) < 4.78 is 13.0. The molecular weight excluding hydrogens is 480 g/mol. The number of nitrogens with zero attached hydrogens (tertiary/aromatic N) is 2. The van der Waals surface area contributed by atoms with E-state index in [2.05, 4.69) is 11.6 Å². The Morgan fingerprint density at radius 3 is 2.54 bits per heavy atom. The van der Waals surface area contributed by atoms with Crippen LogP contribution in [0.3, 0.4) is 0 Å². The highest BCUT2D eigenvalue weighted by atomic mass is 32.2. The first kappa shape index (κ1) is 24.8. The normalized spacial score (nSPS) is 15.4. The van der Waals surface area contributed by atoms with Gasteiger partial charge in [0.15, 0.2) is 4.80 Å². The summed E-state index contributed by atoms with van der Waals surface area (Å²) in [5.74, 6) is 0.268. The quantitative estimate of drug-likeness (QED) is 0.262. The van der Waals surface area contributed by atoms with Crippen molar-refractivity contribution in [2.24, 2.45) is 4.99 Å². The molecule has 0 bridgehead atoms. The molecule has 0 fully saturated rings. The summed E-state index contributed by atoms with van der Waals surface area (Å²) in [6.45, 7) is 7.87. The highest BCUT2D eigenvalue weighted by Gasteiger charge is 2.33. The zero-order valence-corrected chi connectivity index (χ0v) is 21.4. The van der Waals surface area contributed by atoms with Crippen LogP contribution in [0, 0.1) is 0 Å². The average Bonchev–Trinajstić information content (AvgIpc) is 3.17. The maximum atomic E-state index is 13.6. The number of hydrogen-bond acceptors (Lipinski definition) is 7. The number of rotatable bonds is 8. The van der Waals surface area contributed by atoms with Crippen molar-refractivity contribution in [2.45, 2.75) is 24.8 Å². The van der Waals surface area contributed by atoms with Gasteiger partial charge in [-0.1, -0.05) is 48.3 Å². The van der Waals surface area contributed by atoms with E-state index in [9.17, 15) is 9.59 Å². The summed E-state index contributed by atoms with van der Waals surface area (Å²) in [6, 6.07) is 14.8. The van der Waals surface area contributed by atoms with Crippen molar-refractivity contribution >= 4 is 35.1 Å². The van der Waals surface area contributed by atoms with Gasteiger partial charge in [0.05, 0.1) is 28.5 Å². The monoisotopic (exact) mass is 506 g/mol. The van der Waals surface area contributed by atoms with Crippen molar-refractivity contribution in [3.05, 3.63) is 103 Å². The molecule has 0 N–H and O–H groups in total. The number of ether oxygens (including phenoxy) is 2. The summed E-state index contributed by atoms with van der Waals surface area (Å²) in [7, 11) is 0. The second kappa shape index (κ2) is 10.9. The van der Waals surface area contributed by atoms with Gasteiger partial charge in [0, 0.05) is 4.90 Å². The number of fused-ring (bicyclic) bond motifs is 1. The maximum absolute atomic E-state index is 13.6. The Hall–Kier alpha value is -3.36. The molecule has 0 radical (unpaired) electrons. The predicted molar refractivity (Wildman–Crippen MR) is 141 cm³/mol. The van der Waals surface area contributed by atoms with Crippen LogP contribution < -0.4 is 19.6 Å². The molecule has 1 unspecified atom stereocenters. The highest BCUT2D eigenvalue weighted by molar-refractivity contribution is 7.98. The van der Waals surface area contributed by atoms with Crippen molar-refractivity contribution in [1.29, 1.82) is 0 Å². The van der Waals surface area contributed by atoms with E-state index in [4.69, 9.17) is 9.47 Å². The average molecular weight is 507 g/mol. The maximum Gasteiger partial charge on any atom is 0.338 e. The fourth-order valence-corrected chi connectivity index (χ4v) is 5.31. The van der Waals surface area contributed by atoms with Crippen LogP contribution in [0.2, 0.25) is 0 Å². The van der Waals surface area contributed by atoms with Gasteiger partial charge >= 0.3 is 5.97 Å². The van der Waals surface area contributed by atoms with Gasteiger partial charge in [-0.15, -0.1) is 11.8 Å². The molecular formula is C27H26N2O4S2. The zero-order chi connectivity index (χ0) is 24.9. The molecule has 3 aromatic rings. The van der Waals surface area contributed by atoms with Gasteiger partial charge in [0.2, 0.25) is 0 Å². The molecule has 0 spiro atoms. The van der Waals surface area contributed by atoms with Gasteiger partial charge < -0.3 is 9.47 Å². The standard InChI is InChI=1S/C27H26N2O4S2/c1-5-15-33-20-11-7-18(8-12-20)16-22-25(30)29-24(19-9-13-21(34-4)14-10-19)23(26(31)32-6-2)17(3)28-27(29)35-22/h5,7-14,16,24H,1,6,15H2,2-4H3/b22-16-. The van der Waals surface area contributed by atoms with E-state index < -0.39 is 12.0 Å². The van der Waals surface area contributed by atoms with E-state index in [-0.39, 0.29) is 12.2 Å². The Kier molecular flexibility index (Phi) is 7.73.